The standard InChI is InChI=1S/C48H81NO8/c1-6-8-10-12-14-16-18-20-21-22-23-24-25-27-29-31-33-35-37-39-46(51)57-44(43-56-48(47(52)53)54-41-40-49(3,4)5)42-55-45(50)38-36-34-32-30-28-26-19-17-15-13-11-9-7-2/h9,11,14-17,20-21,23-24,26,28,44,48H,6-8,10,12-13,18-19,22,25,27,29-43H2,1-5H3/p+1/b11-9-,16-14-,17-15-,21-20-,24-23-,28-26-. The highest BCUT2D eigenvalue weighted by Gasteiger charge is 2.25. The van der Waals surface area contributed by atoms with Crippen molar-refractivity contribution >= 4 is 17.9 Å². The number of carbonyl (C=O) groups excluding carboxylic acids is 2. The lowest BCUT2D eigenvalue weighted by molar-refractivity contribution is -0.870. The van der Waals surface area contributed by atoms with E-state index in [0.717, 1.165) is 89.9 Å². The van der Waals surface area contributed by atoms with Crippen molar-refractivity contribution in [2.45, 2.75) is 167 Å². The maximum absolute atomic E-state index is 12.8. The number of quaternary nitrogens is 1. The Labute approximate surface area is 347 Å². The largest absolute Gasteiger partial charge is 0.477 e. The van der Waals surface area contributed by atoms with Crippen LogP contribution in [0.25, 0.3) is 0 Å². The van der Waals surface area contributed by atoms with E-state index in [4.69, 9.17) is 18.9 Å². The van der Waals surface area contributed by atoms with Gasteiger partial charge in [-0.25, -0.2) is 4.79 Å². The maximum Gasteiger partial charge on any atom is 0.361 e. The third kappa shape index (κ3) is 40.7. The number of nitrogens with zero attached hydrogens (tertiary/aromatic N) is 1. The molecule has 0 spiro atoms. The average molecular weight is 801 g/mol. The summed E-state index contributed by atoms with van der Waals surface area (Å²) >= 11 is 0. The van der Waals surface area contributed by atoms with E-state index in [9.17, 15) is 19.5 Å². The molecule has 57 heavy (non-hydrogen) atoms. The molecule has 9 nitrogen and oxygen atoms in total. The predicted molar refractivity (Wildman–Crippen MR) is 235 cm³/mol. The van der Waals surface area contributed by atoms with Crippen LogP contribution in [-0.4, -0.2) is 87.4 Å². The van der Waals surface area contributed by atoms with Crippen molar-refractivity contribution in [2.75, 3.05) is 47.5 Å². The van der Waals surface area contributed by atoms with Gasteiger partial charge in [0.15, 0.2) is 6.10 Å². The van der Waals surface area contributed by atoms with Gasteiger partial charge in [-0.2, -0.15) is 0 Å². The van der Waals surface area contributed by atoms with Crippen LogP contribution in [0, 0.1) is 0 Å². The van der Waals surface area contributed by atoms with Gasteiger partial charge in [-0.15, -0.1) is 0 Å². The highest BCUT2D eigenvalue weighted by atomic mass is 16.7. The predicted octanol–water partition coefficient (Wildman–Crippen LogP) is 11.6. The minimum Gasteiger partial charge on any atom is -0.477 e. The zero-order valence-electron chi connectivity index (χ0n) is 36.7. The molecule has 2 atom stereocenters. The fourth-order valence-electron chi connectivity index (χ4n) is 5.50. The summed E-state index contributed by atoms with van der Waals surface area (Å²) in [6.07, 6.45) is 45.3. The van der Waals surface area contributed by atoms with E-state index < -0.39 is 24.3 Å². The molecule has 0 aliphatic rings. The van der Waals surface area contributed by atoms with E-state index >= 15 is 0 Å². The van der Waals surface area contributed by atoms with Gasteiger partial charge in [0.2, 0.25) is 0 Å². The maximum atomic E-state index is 12.8. The number of carbonyl (C=O) groups is 3. The Morgan fingerprint density at radius 2 is 1.00 bits per heavy atom. The highest BCUT2D eigenvalue weighted by molar-refractivity contribution is 5.71. The summed E-state index contributed by atoms with van der Waals surface area (Å²) in [6, 6.07) is 0. The molecule has 0 rings (SSSR count). The number of carboxylic acid groups (broad SMARTS) is 1. The summed E-state index contributed by atoms with van der Waals surface area (Å²) in [5.41, 5.74) is 0. The Bertz CT molecular complexity index is 1160. The van der Waals surface area contributed by atoms with Gasteiger partial charge < -0.3 is 28.5 Å². The molecule has 1 N–H and O–H groups in total. The first kappa shape index (κ1) is 53.7. The molecule has 0 radical (unpaired) electrons. The Kier molecular flexibility index (Phi) is 37.3. The van der Waals surface area contributed by atoms with Gasteiger partial charge in [0.25, 0.3) is 6.29 Å². The highest BCUT2D eigenvalue weighted by Crippen LogP contribution is 2.12. The monoisotopic (exact) mass is 801 g/mol. The molecule has 326 valence electrons. The van der Waals surface area contributed by atoms with Crippen molar-refractivity contribution in [3.05, 3.63) is 72.9 Å². The quantitative estimate of drug-likeness (QED) is 0.0215. The molecule has 2 unspecified atom stereocenters. The van der Waals surface area contributed by atoms with Crippen LogP contribution in [0.5, 0.6) is 0 Å². The molecule has 0 fully saturated rings. The summed E-state index contributed by atoms with van der Waals surface area (Å²) in [5, 5.41) is 9.63. The third-order valence-electron chi connectivity index (χ3n) is 8.95. The van der Waals surface area contributed by atoms with E-state index in [0.29, 0.717) is 23.9 Å². The molecule has 0 saturated carbocycles. The van der Waals surface area contributed by atoms with Crippen LogP contribution in [0.4, 0.5) is 0 Å². The van der Waals surface area contributed by atoms with Crippen LogP contribution >= 0.6 is 0 Å². The zero-order valence-corrected chi connectivity index (χ0v) is 36.7. The van der Waals surface area contributed by atoms with Crippen LogP contribution in [-0.2, 0) is 33.3 Å². The zero-order chi connectivity index (χ0) is 42.1. The van der Waals surface area contributed by atoms with Gasteiger partial charge in [0, 0.05) is 12.8 Å². The second-order valence-electron chi connectivity index (χ2n) is 15.6. The second-order valence-corrected chi connectivity index (χ2v) is 15.6. The summed E-state index contributed by atoms with van der Waals surface area (Å²) in [5.74, 6) is -2.08. The minimum absolute atomic E-state index is 0.176. The van der Waals surface area contributed by atoms with Crippen molar-refractivity contribution in [3.63, 3.8) is 0 Å². The van der Waals surface area contributed by atoms with Gasteiger partial charge in [0.1, 0.15) is 13.2 Å². The second kappa shape index (κ2) is 39.6. The molecule has 0 bridgehead atoms. The molecule has 0 aliphatic carbocycles. The lowest BCUT2D eigenvalue weighted by Crippen LogP contribution is -2.40. The number of aliphatic carboxylic acids is 1. The Morgan fingerprint density at radius 1 is 0.544 bits per heavy atom. The molecule has 9 heteroatoms. The molecule has 0 aromatic carbocycles. The number of esters is 2. The van der Waals surface area contributed by atoms with Crippen molar-refractivity contribution in [1.29, 1.82) is 0 Å². The first-order valence-electron chi connectivity index (χ1n) is 22.1. The molecule has 0 heterocycles. The summed E-state index contributed by atoms with van der Waals surface area (Å²) in [4.78, 5) is 37.1. The molecule has 0 aromatic rings. The van der Waals surface area contributed by atoms with Gasteiger partial charge in [0.05, 0.1) is 34.4 Å². The van der Waals surface area contributed by atoms with E-state index in [2.05, 4.69) is 86.8 Å². The van der Waals surface area contributed by atoms with Gasteiger partial charge in [-0.3, -0.25) is 9.59 Å². The number of allylic oxidation sites excluding steroid dienone is 12. The Balaban J connectivity index is 4.52. The van der Waals surface area contributed by atoms with Crippen LogP contribution in [0.1, 0.15) is 155 Å². The van der Waals surface area contributed by atoms with E-state index in [-0.39, 0.29) is 38.6 Å². The summed E-state index contributed by atoms with van der Waals surface area (Å²) < 4.78 is 22.7. The molecule has 0 aromatic heterocycles. The number of rotatable bonds is 39. The normalized spacial score (nSPS) is 13.6. The summed E-state index contributed by atoms with van der Waals surface area (Å²) in [7, 11) is 5.93. The van der Waals surface area contributed by atoms with Crippen molar-refractivity contribution in [1.82, 2.24) is 0 Å². The average Bonchev–Trinajstić information content (AvgIpc) is 3.17. The van der Waals surface area contributed by atoms with Crippen LogP contribution in [0.15, 0.2) is 72.9 Å². The van der Waals surface area contributed by atoms with Crippen molar-refractivity contribution in [3.8, 4) is 0 Å². The van der Waals surface area contributed by atoms with Crippen LogP contribution in [0.2, 0.25) is 0 Å². The Hall–Kier alpha value is -3.27. The smallest absolute Gasteiger partial charge is 0.361 e. The van der Waals surface area contributed by atoms with Crippen molar-refractivity contribution < 1.29 is 42.9 Å². The number of hydrogen-bond acceptors (Lipinski definition) is 7. The van der Waals surface area contributed by atoms with E-state index in [1.165, 1.54) is 25.7 Å². The number of unbranched alkanes of at least 4 members (excludes halogenated alkanes) is 12. The van der Waals surface area contributed by atoms with E-state index in [1.54, 1.807) is 0 Å². The van der Waals surface area contributed by atoms with Crippen LogP contribution in [0.3, 0.4) is 0 Å². The SMILES string of the molecule is CC/C=C\C/C=C\C/C=C\CCCCCC(=O)OCC(COC(OCC[N+](C)(C)C)C(=O)O)OC(=O)CCCCCCCC/C=C\C/C=C\C/C=C\CCCCC. The lowest BCUT2D eigenvalue weighted by Gasteiger charge is -2.25. The first-order valence-corrected chi connectivity index (χ1v) is 22.1. The first-order chi connectivity index (χ1) is 27.6. The molecular formula is C48H82NO8+. The lowest BCUT2D eigenvalue weighted by atomic mass is 10.1. The summed E-state index contributed by atoms with van der Waals surface area (Å²) in [6.45, 7) is 4.65. The van der Waals surface area contributed by atoms with Gasteiger partial charge in [-0.05, 0) is 83.5 Å². The molecule has 0 aliphatic heterocycles. The van der Waals surface area contributed by atoms with E-state index in [1.807, 2.05) is 21.1 Å². The molecule has 0 amide bonds. The number of carboxylic acids is 1. The number of likely N-dealkylation sites (N-methyl/N-ethyl adjacent to an activating group) is 1. The van der Waals surface area contributed by atoms with Gasteiger partial charge >= 0.3 is 17.9 Å². The Morgan fingerprint density at radius 3 is 1.51 bits per heavy atom. The van der Waals surface area contributed by atoms with Crippen molar-refractivity contribution in [2.24, 2.45) is 0 Å². The molecular weight excluding hydrogens is 719 g/mol. The number of ether oxygens (including phenoxy) is 4. The fraction of sp³-hybridized carbons (Fsp3) is 0.688. The van der Waals surface area contributed by atoms with Gasteiger partial charge in [-0.1, -0.05) is 132 Å². The third-order valence-corrected chi connectivity index (χ3v) is 8.95. The van der Waals surface area contributed by atoms with Crippen LogP contribution < -0.4 is 0 Å². The molecule has 0 saturated heterocycles. The fourth-order valence-corrected chi connectivity index (χ4v) is 5.50. The number of hydrogen-bond donors (Lipinski definition) is 1. The minimum atomic E-state index is -1.52. The topological polar surface area (TPSA) is 108 Å².